The molecule has 0 radical (unpaired) electrons. The van der Waals surface area contributed by atoms with Gasteiger partial charge in [0.05, 0.1) is 11.3 Å². The van der Waals surface area contributed by atoms with Crippen LogP contribution >= 0.6 is 11.3 Å². The molecule has 0 saturated carbocycles. The first kappa shape index (κ1) is 21.2. The number of rotatable bonds is 5. The van der Waals surface area contributed by atoms with Crippen LogP contribution in [0.2, 0.25) is 0 Å². The molecule has 8 heteroatoms. The highest BCUT2D eigenvalue weighted by Gasteiger charge is 2.28. The van der Waals surface area contributed by atoms with Gasteiger partial charge in [-0.05, 0) is 35.7 Å². The number of nitrogens with zero attached hydrogens (tertiary/aromatic N) is 2. The number of para-hydroxylation sites is 1. The number of hydrogen-bond acceptors (Lipinski definition) is 6. The molecular weight excluding hydrogens is 443 g/mol. The van der Waals surface area contributed by atoms with Crippen LogP contribution in [-0.4, -0.2) is 49.4 Å². The number of Topliss-reactive ketones (excluding diaryl/α,β-unsaturated/α-hetero) is 1. The Kier molecular flexibility index (Phi) is 5.83. The van der Waals surface area contributed by atoms with E-state index in [1.54, 1.807) is 47.4 Å². The van der Waals surface area contributed by atoms with Crippen molar-refractivity contribution >= 4 is 34.8 Å². The Morgan fingerprint density at radius 2 is 1.91 bits per heavy atom. The summed E-state index contributed by atoms with van der Waals surface area (Å²) in [5.74, 6) is 0.580. The molecule has 3 aromatic rings. The number of fused-ring (bicyclic) bond motifs is 1. The average Bonchev–Trinajstić information content (AvgIpc) is 3.46. The van der Waals surface area contributed by atoms with Gasteiger partial charge in [-0.25, -0.2) is 4.39 Å². The van der Waals surface area contributed by atoms with Crippen LogP contribution in [0.3, 0.4) is 0 Å². The topological polar surface area (TPSA) is 59.1 Å². The predicted molar refractivity (Wildman–Crippen MR) is 124 cm³/mol. The molecule has 0 aliphatic carbocycles. The smallest absolute Gasteiger partial charge is 0.260 e. The number of thiophene rings is 1. The number of halogens is 1. The number of anilines is 1. The molecule has 1 aromatic heterocycles. The molecule has 168 valence electrons. The highest BCUT2D eigenvalue weighted by Crippen LogP contribution is 2.35. The number of carbonyl (C=O) groups excluding carboxylic acids is 2. The Hall–Kier alpha value is -3.65. The molecule has 3 heterocycles. The first-order chi connectivity index (χ1) is 16.1. The van der Waals surface area contributed by atoms with Crippen LogP contribution in [0.15, 0.2) is 65.7 Å². The Labute approximate surface area is 194 Å². The molecule has 2 aliphatic rings. The Morgan fingerprint density at radius 3 is 2.67 bits per heavy atom. The van der Waals surface area contributed by atoms with Crippen molar-refractivity contribution in [2.75, 3.05) is 37.7 Å². The monoisotopic (exact) mass is 464 g/mol. The van der Waals surface area contributed by atoms with E-state index in [1.165, 1.54) is 17.4 Å². The largest absolute Gasteiger partial charge is 0.484 e. The molecule has 2 aliphatic heterocycles. The van der Waals surface area contributed by atoms with Gasteiger partial charge in [-0.2, -0.15) is 0 Å². The average molecular weight is 465 g/mol. The van der Waals surface area contributed by atoms with Gasteiger partial charge in [0, 0.05) is 43.2 Å². The summed E-state index contributed by atoms with van der Waals surface area (Å²) in [5.41, 5.74) is 1.03. The number of hydrogen-bond donors (Lipinski definition) is 0. The van der Waals surface area contributed by atoms with E-state index in [4.69, 9.17) is 9.47 Å². The third-order valence-corrected chi connectivity index (χ3v) is 6.47. The Balaban J connectivity index is 1.16. The number of ether oxygens (including phenoxy) is 2. The van der Waals surface area contributed by atoms with Crippen LogP contribution in [0.1, 0.15) is 15.2 Å². The molecule has 1 saturated heterocycles. The van der Waals surface area contributed by atoms with Crippen LogP contribution in [0.25, 0.3) is 6.08 Å². The van der Waals surface area contributed by atoms with Gasteiger partial charge in [0.25, 0.3) is 5.91 Å². The molecule has 0 unspecified atom stereocenters. The maximum atomic E-state index is 14.0. The highest BCUT2D eigenvalue weighted by molar-refractivity contribution is 7.10. The number of carbonyl (C=O) groups is 2. The maximum absolute atomic E-state index is 14.0. The quantitative estimate of drug-likeness (QED) is 0.529. The van der Waals surface area contributed by atoms with E-state index in [9.17, 15) is 14.0 Å². The Morgan fingerprint density at radius 1 is 1.09 bits per heavy atom. The molecule has 6 nitrogen and oxygen atoms in total. The normalized spacial score (nSPS) is 16.6. The van der Waals surface area contributed by atoms with Crippen molar-refractivity contribution in [2.45, 2.75) is 0 Å². The van der Waals surface area contributed by atoms with Gasteiger partial charge in [-0.15, -0.1) is 11.3 Å². The van der Waals surface area contributed by atoms with Crippen molar-refractivity contribution in [1.29, 1.82) is 0 Å². The summed E-state index contributed by atoms with van der Waals surface area (Å²) in [6, 6.07) is 15.4. The summed E-state index contributed by atoms with van der Waals surface area (Å²) in [4.78, 5) is 29.7. The molecule has 1 fully saturated rings. The second-order valence-electron chi connectivity index (χ2n) is 7.72. The van der Waals surface area contributed by atoms with Crippen molar-refractivity contribution in [2.24, 2.45) is 0 Å². The van der Waals surface area contributed by atoms with E-state index in [-0.39, 0.29) is 29.9 Å². The van der Waals surface area contributed by atoms with Crippen LogP contribution in [-0.2, 0) is 4.79 Å². The minimum absolute atomic E-state index is 0.121. The molecule has 0 bridgehead atoms. The van der Waals surface area contributed by atoms with Gasteiger partial charge in [-0.1, -0.05) is 18.2 Å². The van der Waals surface area contributed by atoms with E-state index in [0.29, 0.717) is 48.9 Å². The van der Waals surface area contributed by atoms with Crippen molar-refractivity contribution in [3.05, 3.63) is 82.0 Å². The van der Waals surface area contributed by atoms with Crippen LogP contribution in [0, 0.1) is 5.82 Å². The molecular formula is C25H21FN2O4S. The third-order valence-electron chi connectivity index (χ3n) is 5.65. The van der Waals surface area contributed by atoms with Crippen molar-refractivity contribution in [3.8, 4) is 11.5 Å². The summed E-state index contributed by atoms with van der Waals surface area (Å²) in [7, 11) is 0. The number of piperazine rings is 1. The number of benzene rings is 2. The first-order valence-electron chi connectivity index (χ1n) is 10.6. The lowest BCUT2D eigenvalue weighted by atomic mass is 10.1. The van der Waals surface area contributed by atoms with Crippen molar-refractivity contribution < 1.29 is 23.5 Å². The summed E-state index contributed by atoms with van der Waals surface area (Å²) in [6.45, 7) is 1.98. The van der Waals surface area contributed by atoms with E-state index in [1.807, 2.05) is 22.4 Å². The van der Waals surface area contributed by atoms with Gasteiger partial charge in [0.2, 0.25) is 5.78 Å². The van der Waals surface area contributed by atoms with Gasteiger partial charge in [0.15, 0.2) is 12.4 Å². The van der Waals surface area contributed by atoms with Crippen LogP contribution < -0.4 is 14.4 Å². The zero-order valence-electron chi connectivity index (χ0n) is 17.7. The fraction of sp³-hybridized carbons (Fsp3) is 0.200. The summed E-state index contributed by atoms with van der Waals surface area (Å²) in [5, 5.41) is 1.93. The molecule has 1 amide bonds. The standard InChI is InChI=1S/C25H21FN2O4S/c26-20-5-1-2-6-21(20)27-9-11-28(12-10-27)24(29)16-31-17-7-8-19-22(14-17)32-23(25(19)30)15-18-4-3-13-33-18/h1-8,13-15H,9-12,16H2. The minimum atomic E-state index is -0.258. The fourth-order valence-corrected chi connectivity index (χ4v) is 4.55. The molecule has 33 heavy (non-hydrogen) atoms. The van der Waals surface area contributed by atoms with Crippen molar-refractivity contribution in [3.63, 3.8) is 0 Å². The van der Waals surface area contributed by atoms with E-state index >= 15 is 0 Å². The molecule has 0 atom stereocenters. The van der Waals surface area contributed by atoms with E-state index in [0.717, 1.165) is 4.88 Å². The third kappa shape index (κ3) is 4.47. The van der Waals surface area contributed by atoms with Gasteiger partial charge in [0.1, 0.15) is 17.3 Å². The van der Waals surface area contributed by atoms with Gasteiger partial charge in [-0.3, -0.25) is 9.59 Å². The highest BCUT2D eigenvalue weighted by atomic mass is 32.1. The lowest BCUT2D eigenvalue weighted by Gasteiger charge is -2.36. The van der Waals surface area contributed by atoms with Crippen LogP contribution in [0.4, 0.5) is 10.1 Å². The maximum Gasteiger partial charge on any atom is 0.260 e. The summed E-state index contributed by atoms with van der Waals surface area (Å²) in [6.07, 6.45) is 1.72. The number of allylic oxidation sites excluding steroid dienone is 1. The SMILES string of the molecule is O=C1C(=Cc2cccs2)Oc2cc(OCC(=O)N3CCN(c4ccccc4F)CC3)ccc21. The second kappa shape index (κ2) is 9.07. The minimum Gasteiger partial charge on any atom is -0.484 e. The van der Waals surface area contributed by atoms with E-state index in [2.05, 4.69) is 0 Å². The number of amides is 1. The van der Waals surface area contributed by atoms with Crippen LogP contribution in [0.5, 0.6) is 11.5 Å². The molecule has 0 spiro atoms. The molecule has 0 N–H and O–H groups in total. The summed E-state index contributed by atoms with van der Waals surface area (Å²) >= 11 is 1.52. The predicted octanol–water partition coefficient (Wildman–Crippen LogP) is 4.23. The fourth-order valence-electron chi connectivity index (χ4n) is 3.90. The molecule has 2 aromatic carbocycles. The summed E-state index contributed by atoms with van der Waals surface area (Å²) < 4.78 is 25.4. The number of ketones is 1. The zero-order valence-corrected chi connectivity index (χ0v) is 18.5. The molecule has 5 rings (SSSR count). The second-order valence-corrected chi connectivity index (χ2v) is 8.70. The first-order valence-corrected chi connectivity index (χ1v) is 11.5. The van der Waals surface area contributed by atoms with Gasteiger partial charge < -0.3 is 19.3 Å². The van der Waals surface area contributed by atoms with Crippen molar-refractivity contribution in [1.82, 2.24) is 4.90 Å². The lowest BCUT2D eigenvalue weighted by Crippen LogP contribution is -2.50. The van der Waals surface area contributed by atoms with Gasteiger partial charge >= 0.3 is 0 Å². The zero-order chi connectivity index (χ0) is 22.8. The van der Waals surface area contributed by atoms with E-state index < -0.39 is 0 Å². The lowest BCUT2D eigenvalue weighted by molar-refractivity contribution is -0.133. The Bertz CT molecular complexity index is 1220.